The van der Waals surface area contributed by atoms with E-state index in [-0.39, 0.29) is 11.9 Å². The molecule has 0 unspecified atom stereocenters. The van der Waals surface area contributed by atoms with Crippen molar-refractivity contribution in [1.29, 1.82) is 0 Å². The highest BCUT2D eigenvalue weighted by Gasteiger charge is 2.29. The Hall–Kier alpha value is -1.57. The number of ether oxygens (including phenoxy) is 1. The van der Waals surface area contributed by atoms with Gasteiger partial charge in [-0.05, 0) is 17.6 Å². The van der Waals surface area contributed by atoms with Gasteiger partial charge in [-0.1, -0.05) is 36.9 Å². The molecule has 0 spiro atoms. The lowest BCUT2D eigenvalue weighted by atomic mass is 9.93. The molecule has 1 saturated heterocycles. The fourth-order valence-electron chi connectivity index (χ4n) is 1.67. The number of benzene rings is 1. The van der Waals surface area contributed by atoms with Crippen LogP contribution in [0.1, 0.15) is 12.0 Å². The van der Waals surface area contributed by atoms with E-state index in [2.05, 4.69) is 6.58 Å². The van der Waals surface area contributed by atoms with Crippen molar-refractivity contribution in [3.8, 4) is 0 Å². The Labute approximate surface area is 83.2 Å². The molecule has 2 rings (SSSR count). The fourth-order valence-corrected chi connectivity index (χ4v) is 1.67. The van der Waals surface area contributed by atoms with Gasteiger partial charge >= 0.3 is 5.97 Å². The molecule has 2 heteroatoms. The van der Waals surface area contributed by atoms with E-state index in [4.69, 9.17) is 4.74 Å². The lowest BCUT2D eigenvalue weighted by Gasteiger charge is -2.09. The van der Waals surface area contributed by atoms with Crippen molar-refractivity contribution in [2.75, 3.05) is 6.61 Å². The van der Waals surface area contributed by atoms with Crippen molar-refractivity contribution < 1.29 is 9.53 Å². The molecule has 0 aromatic heterocycles. The normalized spacial score (nSPS) is 20.6. The number of esters is 1. The maximum atomic E-state index is 11.3. The zero-order chi connectivity index (χ0) is 9.97. The van der Waals surface area contributed by atoms with Gasteiger partial charge in [-0.3, -0.25) is 4.79 Å². The third-order valence-electron chi connectivity index (χ3n) is 2.50. The van der Waals surface area contributed by atoms with Crippen LogP contribution >= 0.6 is 0 Å². The van der Waals surface area contributed by atoms with Crippen LogP contribution in [0.15, 0.2) is 36.9 Å². The lowest BCUT2D eigenvalue weighted by molar-refractivity contribution is -0.139. The minimum atomic E-state index is -0.141. The van der Waals surface area contributed by atoms with Gasteiger partial charge in [-0.15, -0.1) is 0 Å². The van der Waals surface area contributed by atoms with Crippen LogP contribution in [-0.4, -0.2) is 12.6 Å². The first kappa shape index (κ1) is 9.00. The molecule has 1 aromatic rings. The van der Waals surface area contributed by atoms with Gasteiger partial charge in [0.2, 0.25) is 0 Å². The molecule has 14 heavy (non-hydrogen) atoms. The van der Waals surface area contributed by atoms with Crippen LogP contribution in [0, 0.1) is 5.92 Å². The first-order valence-corrected chi connectivity index (χ1v) is 4.70. The van der Waals surface area contributed by atoms with Crippen molar-refractivity contribution in [3.05, 3.63) is 42.5 Å². The van der Waals surface area contributed by atoms with E-state index >= 15 is 0 Å². The number of hydrogen-bond acceptors (Lipinski definition) is 2. The van der Waals surface area contributed by atoms with Crippen molar-refractivity contribution >= 4 is 11.5 Å². The lowest BCUT2D eigenvalue weighted by Crippen LogP contribution is -2.08. The average molecular weight is 188 g/mol. The number of cyclic esters (lactones) is 1. The highest BCUT2D eigenvalue weighted by Crippen LogP contribution is 2.28. The molecular formula is C12H12O2. The minimum Gasteiger partial charge on any atom is -0.465 e. The molecule has 0 radical (unpaired) electrons. The Morgan fingerprint density at radius 1 is 1.36 bits per heavy atom. The fraction of sp³-hybridized carbons (Fsp3) is 0.250. The third-order valence-corrected chi connectivity index (χ3v) is 2.50. The molecule has 1 aliphatic rings. The molecule has 1 aromatic carbocycles. The first-order chi connectivity index (χ1) is 6.79. The Morgan fingerprint density at radius 3 is 2.64 bits per heavy atom. The molecular weight excluding hydrogens is 176 g/mol. The summed E-state index contributed by atoms with van der Waals surface area (Å²) in [6.07, 6.45) is 0.757. The van der Waals surface area contributed by atoms with Gasteiger partial charge in [0.15, 0.2) is 0 Å². The first-order valence-electron chi connectivity index (χ1n) is 4.70. The smallest absolute Gasteiger partial charge is 0.313 e. The summed E-state index contributed by atoms with van der Waals surface area (Å²) in [4.78, 5) is 11.3. The molecule has 72 valence electrons. The second kappa shape index (κ2) is 3.66. The van der Waals surface area contributed by atoms with E-state index in [1.807, 2.05) is 30.3 Å². The molecule has 0 bridgehead atoms. The molecule has 0 aliphatic carbocycles. The summed E-state index contributed by atoms with van der Waals surface area (Å²) in [5.41, 5.74) is 1.89. The summed E-state index contributed by atoms with van der Waals surface area (Å²) in [5.74, 6) is -0.281. The van der Waals surface area contributed by atoms with Gasteiger partial charge in [0, 0.05) is 0 Å². The summed E-state index contributed by atoms with van der Waals surface area (Å²) in [6, 6.07) is 9.77. The van der Waals surface area contributed by atoms with E-state index in [1.54, 1.807) is 0 Å². The van der Waals surface area contributed by atoms with Gasteiger partial charge in [0.1, 0.15) is 0 Å². The maximum absolute atomic E-state index is 11.3. The van der Waals surface area contributed by atoms with E-state index < -0.39 is 0 Å². The second-order valence-electron chi connectivity index (χ2n) is 3.40. The Kier molecular flexibility index (Phi) is 2.35. The Balaban J connectivity index is 2.20. The minimum absolute atomic E-state index is 0.140. The predicted molar refractivity (Wildman–Crippen MR) is 54.5 cm³/mol. The van der Waals surface area contributed by atoms with Crippen LogP contribution in [0.25, 0.3) is 5.57 Å². The summed E-state index contributed by atoms with van der Waals surface area (Å²) < 4.78 is 4.91. The highest BCUT2D eigenvalue weighted by molar-refractivity contribution is 5.88. The number of carbonyl (C=O) groups excluding carboxylic acids is 1. The van der Waals surface area contributed by atoms with Gasteiger partial charge < -0.3 is 4.74 Å². The number of rotatable bonds is 2. The molecule has 2 nitrogen and oxygen atoms in total. The molecule has 1 fully saturated rings. The molecule has 1 aliphatic heterocycles. The zero-order valence-corrected chi connectivity index (χ0v) is 7.90. The van der Waals surface area contributed by atoms with E-state index in [0.717, 1.165) is 17.6 Å². The van der Waals surface area contributed by atoms with Crippen LogP contribution in [-0.2, 0) is 9.53 Å². The van der Waals surface area contributed by atoms with Crippen LogP contribution in [0.5, 0.6) is 0 Å². The monoisotopic (exact) mass is 188 g/mol. The van der Waals surface area contributed by atoms with Crippen molar-refractivity contribution in [2.24, 2.45) is 5.92 Å². The number of carbonyl (C=O) groups is 1. The Bertz CT molecular complexity index is 354. The molecule has 1 heterocycles. The zero-order valence-electron chi connectivity index (χ0n) is 7.90. The standard InChI is InChI=1S/C12H12O2/c1-9(10-5-3-2-4-6-10)11-7-8-14-12(11)13/h2-6,11H,1,7-8H2/t11-/m1/s1. The number of hydrogen-bond donors (Lipinski definition) is 0. The van der Waals surface area contributed by atoms with Crippen LogP contribution in [0.3, 0.4) is 0 Å². The summed E-state index contributed by atoms with van der Waals surface area (Å²) >= 11 is 0. The van der Waals surface area contributed by atoms with E-state index in [0.29, 0.717) is 6.61 Å². The van der Waals surface area contributed by atoms with Crippen LogP contribution in [0.4, 0.5) is 0 Å². The van der Waals surface area contributed by atoms with Gasteiger partial charge in [-0.25, -0.2) is 0 Å². The molecule has 0 saturated carbocycles. The topological polar surface area (TPSA) is 26.3 Å². The molecule has 0 amide bonds. The SMILES string of the molecule is C=C(c1ccccc1)[C@H]1CCOC1=O. The van der Waals surface area contributed by atoms with Crippen molar-refractivity contribution in [3.63, 3.8) is 0 Å². The highest BCUT2D eigenvalue weighted by atomic mass is 16.5. The molecule has 1 atom stereocenters. The third kappa shape index (κ3) is 1.55. The van der Waals surface area contributed by atoms with Crippen LogP contribution < -0.4 is 0 Å². The summed E-state index contributed by atoms with van der Waals surface area (Å²) in [7, 11) is 0. The molecule has 0 N–H and O–H groups in total. The van der Waals surface area contributed by atoms with Gasteiger partial charge in [0.05, 0.1) is 12.5 Å². The van der Waals surface area contributed by atoms with Gasteiger partial charge in [0.25, 0.3) is 0 Å². The van der Waals surface area contributed by atoms with Crippen molar-refractivity contribution in [2.45, 2.75) is 6.42 Å². The van der Waals surface area contributed by atoms with E-state index in [9.17, 15) is 4.79 Å². The quantitative estimate of drug-likeness (QED) is 0.665. The largest absolute Gasteiger partial charge is 0.465 e. The van der Waals surface area contributed by atoms with E-state index in [1.165, 1.54) is 0 Å². The van der Waals surface area contributed by atoms with Crippen LogP contribution in [0.2, 0.25) is 0 Å². The van der Waals surface area contributed by atoms with Crippen molar-refractivity contribution in [1.82, 2.24) is 0 Å². The summed E-state index contributed by atoms with van der Waals surface area (Å²) in [6.45, 7) is 4.48. The average Bonchev–Trinajstić information content (AvgIpc) is 2.65. The van der Waals surface area contributed by atoms with Gasteiger partial charge in [-0.2, -0.15) is 0 Å². The summed E-state index contributed by atoms with van der Waals surface area (Å²) in [5, 5.41) is 0. The Morgan fingerprint density at radius 2 is 2.07 bits per heavy atom. The second-order valence-corrected chi connectivity index (χ2v) is 3.40. The predicted octanol–water partition coefficient (Wildman–Crippen LogP) is 2.26. The maximum Gasteiger partial charge on any atom is 0.313 e.